The van der Waals surface area contributed by atoms with E-state index in [0.29, 0.717) is 5.41 Å². The van der Waals surface area contributed by atoms with E-state index in [-0.39, 0.29) is 0 Å². The second-order valence-corrected chi connectivity index (χ2v) is 6.98. The molecule has 0 bridgehead atoms. The third kappa shape index (κ3) is 5.62. The molecule has 1 heterocycles. The predicted molar refractivity (Wildman–Crippen MR) is 86.0 cm³/mol. The van der Waals surface area contributed by atoms with Gasteiger partial charge in [-0.25, -0.2) is 4.98 Å². The topological polar surface area (TPSA) is 24.9 Å². The molecule has 19 heavy (non-hydrogen) atoms. The van der Waals surface area contributed by atoms with E-state index in [9.17, 15) is 0 Å². The first-order chi connectivity index (χ1) is 9.15. The summed E-state index contributed by atoms with van der Waals surface area (Å²) in [7, 11) is 0. The number of rotatable bonds is 10. The number of nitrogens with zero attached hydrogens (tertiary/aromatic N) is 1. The zero-order valence-electron chi connectivity index (χ0n) is 13.1. The third-order valence-electron chi connectivity index (χ3n) is 3.96. The van der Waals surface area contributed by atoms with Crippen LogP contribution in [-0.4, -0.2) is 18.1 Å². The molecule has 0 fully saturated rings. The number of thiazole rings is 1. The molecule has 0 saturated heterocycles. The highest BCUT2D eigenvalue weighted by Gasteiger charge is 2.28. The molecule has 1 N–H and O–H groups in total. The largest absolute Gasteiger partial charge is 0.316 e. The molecule has 0 aliphatic carbocycles. The Kier molecular flexibility index (Phi) is 7.62. The summed E-state index contributed by atoms with van der Waals surface area (Å²) in [5, 5.41) is 4.84. The van der Waals surface area contributed by atoms with Gasteiger partial charge in [-0.3, -0.25) is 0 Å². The number of aryl methyl sites for hydroxylation is 1. The number of aromatic nitrogens is 1. The Morgan fingerprint density at radius 1 is 1.26 bits per heavy atom. The number of hydrogen-bond acceptors (Lipinski definition) is 3. The van der Waals surface area contributed by atoms with E-state index in [1.807, 2.05) is 11.3 Å². The fraction of sp³-hybridized carbons (Fsp3) is 0.812. The molecule has 0 spiro atoms. The molecule has 1 unspecified atom stereocenters. The second kappa shape index (κ2) is 8.70. The molecular weight excluding hydrogens is 252 g/mol. The van der Waals surface area contributed by atoms with Crippen molar-refractivity contribution >= 4 is 11.3 Å². The van der Waals surface area contributed by atoms with Crippen LogP contribution in [0.5, 0.6) is 0 Å². The van der Waals surface area contributed by atoms with Crippen LogP contribution in [0.1, 0.15) is 62.8 Å². The maximum atomic E-state index is 4.41. The van der Waals surface area contributed by atoms with Gasteiger partial charge in [-0.2, -0.15) is 0 Å². The van der Waals surface area contributed by atoms with Crippen LogP contribution in [0, 0.1) is 12.3 Å². The third-order valence-corrected chi connectivity index (χ3v) is 4.87. The first kappa shape index (κ1) is 16.6. The van der Waals surface area contributed by atoms with E-state index < -0.39 is 0 Å². The zero-order chi connectivity index (χ0) is 14.1. The van der Waals surface area contributed by atoms with Crippen molar-refractivity contribution in [3.63, 3.8) is 0 Å². The summed E-state index contributed by atoms with van der Waals surface area (Å²) < 4.78 is 0. The Bertz CT molecular complexity index is 348. The van der Waals surface area contributed by atoms with Crippen LogP contribution >= 0.6 is 11.3 Å². The fourth-order valence-electron chi connectivity index (χ4n) is 2.60. The highest BCUT2D eigenvalue weighted by Crippen LogP contribution is 2.34. The van der Waals surface area contributed by atoms with Crippen molar-refractivity contribution in [2.24, 2.45) is 5.41 Å². The van der Waals surface area contributed by atoms with Gasteiger partial charge < -0.3 is 5.32 Å². The molecule has 2 nitrogen and oxygen atoms in total. The Balaban J connectivity index is 2.69. The number of hydrogen-bond donors (Lipinski definition) is 1. The van der Waals surface area contributed by atoms with E-state index >= 15 is 0 Å². The summed E-state index contributed by atoms with van der Waals surface area (Å²) in [6, 6.07) is 0. The quantitative estimate of drug-likeness (QED) is 0.635. The molecule has 1 atom stereocenters. The molecule has 0 amide bonds. The summed E-state index contributed by atoms with van der Waals surface area (Å²) in [4.78, 5) is 5.86. The lowest BCUT2D eigenvalue weighted by Crippen LogP contribution is -2.36. The van der Waals surface area contributed by atoms with Gasteiger partial charge in [0.05, 0.1) is 5.01 Å². The molecule has 0 aliphatic heterocycles. The smallest absolute Gasteiger partial charge is 0.0896 e. The van der Waals surface area contributed by atoms with Crippen molar-refractivity contribution in [3.05, 3.63) is 16.1 Å². The predicted octanol–water partition coefficient (Wildman–Crippen LogP) is 4.58. The van der Waals surface area contributed by atoms with Crippen molar-refractivity contribution in [1.82, 2.24) is 10.3 Å². The summed E-state index contributed by atoms with van der Waals surface area (Å²) in [6.07, 6.45) is 9.68. The summed E-state index contributed by atoms with van der Waals surface area (Å²) >= 11 is 1.86. The molecule has 0 saturated carbocycles. The maximum Gasteiger partial charge on any atom is 0.0896 e. The minimum atomic E-state index is 0.421. The fourth-order valence-corrected chi connectivity index (χ4v) is 3.57. The van der Waals surface area contributed by atoms with Crippen LogP contribution in [0.25, 0.3) is 0 Å². The highest BCUT2D eigenvalue weighted by atomic mass is 32.1. The lowest BCUT2D eigenvalue weighted by Gasteiger charge is -2.33. The average molecular weight is 282 g/mol. The monoisotopic (exact) mass is 282 g/mol. The van der Waals surface area contributed by atoms with Gasteiger partial charge in [0, 0.05) is 17.6 Å². The number of unbranched alkanes of at least 4 members (excludes halogenated alkanes) is 1. The molecule has 110 valence electrons. The van der Waals surface area contributed by atoms with Gasteiger partial charge in [0.1, 0.15) is 0 Å². The van der Waals surface area contributed by atoms with Gasteiger partial charge >= 0.3 is 0 Å². The lowest BCUT2D eigenvalue weighted by molar-refractivity contribution is 0.231. The van der Waals surface area contributed by atoms with Crippen molar-refractivity contribution in [2.45, 2.75) is 66.2 Å². The minimum absolute atomic E-state index is 0.421. The molecule has 0 aromatic carbocycles. The van der Waals surface area contributed by atoms with Gasteiger partial charge in [0.25, 0.3) is 0 Å². The molecule has 1 aromatic heterocycles. The molecule has 3 heteroatoms. The molecular formula is C16H30N2S. The SMILES string of the molecule is CCCCC(CC)(CNCCC)Cc1cnc(C)s1. The average Bonchev–Trinajstić information content (AvgIpc) is 2.81. The van der Waals surface area contributed by atoms with Gasteiger partial charge in [-0.15, -0.1) is 11.3 Å². The van der Waals surface area contributed by atoms with Gasteiger partial charge in [0.2, 0.25) is 0 Å². The zero-order valence-corrected chi connectivity index (χ0v) is 13.9. The van der Waals surface area contributed by atoms with E-state index in [1.165, 1.54) is 48.4 Å². The maximum absolute atomic E-state index is 4.41. The van der Waals surface area contributed by atoms with Crippen LogP contribution in [0.4, 0.5) is 0 Å². The Morgan fingerprint density at radius 2 is 2.05 bits per heavy atom. The van der Waals surface area contributed by atoms with Gasteiger partial charge in [-0.1, -0.05) is 33.6 Å². The van der Waals surface area contributed by atoms with Crippen molar-refractivity contribution in [3.8, 4) is 0 Å². The molecule has 1 rings (SSSR count). The van der Waals surface area contributed by atoms with Crippen molar-refractivity contribution < 1.29 is 0 Å². The molecule has 0 aliphatic rings. The number of nitrogens with one attached hydrogen (secondary N) is 1. The normalized spacial score (nSPS) is 14.5. The van der Waals surface area contributed by atoms with E-state index in [2.05, 4.69) is 44.2 Å². The summed E-state index contributed by atoms with van der Waals surface area (Å²) in [5.41, 5.74) is 0.421. The Labute approximate surface area is 123 Å². The van der Waals surface area contributed by atoms with Crippen LogP contribution in [0.2, 0.25) is 0 Å². The van der Waals surface area contributed by atoms with Crippen LogP contribution in [0.3, 0.4) is 0 Å². The van der Waals surface area contributed by atoms with E-state index in [4.69, 9.17) is 0 Å². The van der Waals surface area contributed by atoms with Crippen molar-refractivity contribution in [2.75, 3.05) is 13.1 Å². The Morgan fingerprint density at radius 3 is 2.58 bits per heavy atom. The molecule has 0 radical (unpaired) electrons. The Hall–Kier alpha value is -0.410. The van der Waals surface area contributed by atoms with E-state index in [1.54, 1.807) is 0 Å². The van der Waals surface area contributed by atoms with Crippen molar-refractivity contribution in [1.29, 1.82) is 0 Å². The summed E-state index contributed by atoms with van der Waals surface area (Å²) in [5.74, 6) is 0. The standard InChI is InChI=1S/C16H30N2S/c1-5-8-9-16(7-3,13-17-10-6-2)11-15-12-18-14(4)19-15/h12,17H,5-11,13H2,1-4H3. The van der Waals surface area contributed by atoms with Crippen LogP contribution in [0.15, 0.2) is 6.20 Å². The van der Waals surface area contributed by atoms with Gasteiger partial charge in [-0.05, 0) is 44.6 Å². The minimum Gasteiger partial charge on any atom is -0.316 e. The van der Waals surface area contributed by atoms with E-state index in [0.717, 1.165) is 13.1 Å². The van der Waals surface area contributed by atoms with Crippen LogP contribution < -0.4 is 5.32 Å². The van der Waals surface area contributed by atoms with Crippen LogP contribution in [-0.2, 0) is 6.42 Å². The molecule has 1 aromatic rings. The highest BCUT2D eigenvalue weighted by molar-refractivity contribution is 7.11. The second-order valence-electron chi connectivity index (χ2n) is 5.66. The first-order valence-corrected chi connectivity index (χ1v) is 8.59. The lowest BCUT2D eigenvalue weighted by atomic mass is 9.77. The first-order valence-electron chi connectivity index (χ1n) is 7.77. The summed E-state index contributed by atoms with van der Waals surface area (Å²) in [6.45, 7) is 11.3. The van der Waals surface area contributed by atoms with Gasteiger partial charge in [0.15, 0.2) is 0 Å².